The van der Waals surface area contributed by atoms with Gasteiger partial charge in [0.2, 0.25) is 17.6 Å². The van der Waals surface area contributed by atoms with Crippen molar-refractivity contribution >= 4 is 21.8 Å². The van der Waals surface area contributed by atoms with Gasteiger partial charge in [-0.1, -0.05) is 53.7 Å². The van der Waals surface area contributed by atoms with Crippen molar-refractivity contribution in [3.05, 3.63) is 66.6 Å². The summed E-state index contributed by atoms with van der Waals surface area (Å²) >= 11 is 0. The fourth-order valence-electron chi connectivity index (χ4n) is 2.66. The first kappa shape index (κ1) is 21.5. The third-order valence-electron chi connectivity index (χ3n) is 4.36. The van der Waals surface area contributed by atoms with E-state index in [1.54, 1.807) is 37.4 Å². The monoisotopic (exact) mass is 429 g/mol. The molecule has 0 unspecified atom stereocenters. The number of carbonyl (C=O) groups is 1. The summed E-state index contributed by atoms with van der Waals surface area (Å²) < 4.78 is 32.9. The Morgan fingerprint density at radius 2 is 1.57 bits per heavy atom. The summed E-state index contributed by atoms with van der Waals surface area (Å²) in [5.74, 6) is 0.266. The van der Waals surface area contributed by atoms with E-state index in [9.17, 15) is 13.2 Å². The van der Waals surface area contributed by atoms with Crippen LogP contribution in [0, 0.1) is 0 Å². The van der Waals surface area contributed by atoms with Gasteiger partial charge in [0.25, 0.3) is 0 Å². The maximum absolute atomic E-state index is 12.8. The second-order valence-corrected chi connectivity index (χ2v) is 8.83. The van der Waals surface area contributed by atoms with Crippen LogP contribution in [0.5, 0.6) is 0 Å². The number of aromatic nitrogens is 2. The minimum absolute atomic E-state index is 0.0588. The molecule has 2 aromatic carbocycles. The predicted molar refractivity (Wildman–Crippen MR) is 113 cm³/mol. The first-order chi connectivity index (χ1) is 14.3. The Bertz CT molecular complexity index is 1080. The van der Waals surface area contributed by atoms with Crippen LogP contribution in [0.1, 0.15) is 5.89 Å². The van der Waals surface area contributed by atoms with E-state index in [1.165, 1.54) is 19.0 Å². The van der Waals surface area contributed by atoms with Crippen molar-refractivity contribution in [2.45, 2.75) is 6.54 Å². The zero-order valence-electron chi connectivity index (χ0n) is 17.0. The van der Waals surface area contributed by atoms with Gasteiger partial charge in [-0.05, 0) is 12.1 Å². The van der Waals surface area contributed by atoms with Crippen LogP contribution in [0.2, 0.25) is 0 Å². The number of rotatable bonds is 8. The first-order valence-electron chi connectivity index (χ1n) is 9.16. The van der Waals surface area contributed by atoms with Gasteiger partial charge in [-0.15, -0.1) is 0 Å². The molecule has 158 valence electrons. The van der Waals surface area contributed by atoms with Gasteiger partial charge in [0, 0.05) is 26.7 Å². The third-order valence-corrected chi connectivity index (χ3v) is 6.18. The van der Waals surface area contributed by atoms with Gasteiger partial charge in [-0.25, -0.2) is 4.31 Å². The average molecular weight is 430 g/mol. The molecule has 0 saturated heterocycles. The van der Waals surface area contributed by atoms with Gasteiger partial charge >= 0.3 is 10.2 Å². The fraction of sp³-hybridized carbons (Fsp3) is 0.250. The second-order valence-electron chi connectivity index (χ2n) is 6.76. The van der Waals surface area contributed by atoms with Crippen molar-refractivity contribution in [3.8, 4) is 11.4 Å². The van der Waals surface area contributed by atoms with E-state index in [4.69, 9.17) is 4.52 Å². The summed E-state index contributed by atoms with van der Waals surface area (Å²) in [6.45, 7) is -0.302. The number of benzene rings is 2. The molecular formula is C20H23N5O4S. The summed E-state index contributed by atoms with van der Waals surface area (Å²) in [5.41, 5.74) is 1.20. The second kappa shape index (κ2) is 9.06. The zero-order valence-corrected chi connectivity index (χ0v) is 17.8. The number of nitrogens with zero attached hydrogens (tertiary/aromatic N) is 5. The topological polar surface area (TPSA) is 99.9 Å². The molecule has 3 aromatic rings. The lowest BCUT2D eigenvalue weighted by atomic mass is 10.2. The van der Waals surface area contributed by atoms with Crippen LogP contribution in [0.25, 0.3) is 11.4 Å². The molecule has 0 fully saturated rings. The quantitative estimate of drug-likeness (QED) is 0.543. The van der Waals surface area contributed by atoms with Crippen molar-refractivity contribution < 1.29 is 17.7 Å². The van der Waals surface area contributed by atoms with E-state index in [0.29, 0.717) is 11.5 Å². The maximum Gasteiger partial charge on any atom is 0.304 e. The van der Waals surface area contributed by atoms with Crippen LogP contribution >= 0.6 is 0 Å². The van der Waals surface area contributed by atoms with Gasteiger partial charge in [0.1, 0.15) is 6.54 Å². The van der Waals surface area contributed by atoms with Crippen LogP contribution in [0.15, 0.2) is 65.2 Å². The van der Waals surface area contributed by atoms with Gasteiger partial charge in [-0.2, -0.15) is 17.7 Å². The molecule has 1 amide bonds. The number of likely N-dealkylation sites (N-methyl/N-ethyl adjacent to an activating group) is 1. The largest absolute Gasteiger partial charge is 0.337 e. The Hall–Kier alpha value is -3.24. The van der Waals surface area contributed by atoms with Crippen LogP contribution in [0.3, 0.4) is 0 Å². The van der Waals surface area contributed by atoms with Gasteiger partial charge in [0.15, 0.2) is 0 Å². The van der Waals surface area contributed by atoms with Crippen LogP contribution < -0.4 is 4.31 Å². The molecule has 1 heterocycles. The summed E-state index contributed by atoms with van der Waals surface area (Å²) in [4.78, 5) is 18.4. The Balaban J connectivity index is 1.74. The summed E-state index contributed by atoms with van der Waals surface area (Å²) in [6, 6.07) is 17.8. The Labute approximate surface area is 175 Å². The molecule has 0 radical (unpaired) electrons. The number of hydrogen-bond donors (Lipinski definition) is 0. The Kier molecular flexibility index (Phi) is 6.48. The van der Waals surface area contributed by atoms with Crippen molar-refractivity contribution in [2.24, 2.45) is 0 Å². The van der Waals surface area contributed by atoms with E-state index in [1.807, 2.05) is 30.3 Å². The van der Waals surface area contributed by atoms with E-state index in [0.717, 1.165) is 14.2 Å². The molecule has 30 heavy (non-hydrogen) atoms. The Morgan fingerprint density at radius 1 is 0.967 bits per heavy atom. The molecule has 0 aliphatic heterocycles. The molecule has 9 nitrogen and oxygen atoms in total. The highest BCUT2D eigenvalue weighted by Gasteiger charge is 2.28. The van der Waals surface area contributed by atoms with Gasteiger partial charge in [0.05, 0.1) is 12.2 Å². The zero-order chi connectivity index (χ0) is 21.7. The Morgan fingerprint density at radius 3 is 2.17 bits per heavy atom. The van der Waals surface area contributed by atoms with Crippen molar-refractivity contribution in [1.29, 1.82) is 0 Å². The molecule has 0 bridgehead atoms. The van der Waals surface area contributed by atoms with Gasteiger partial charge < -0.3 is 9.42 Å². The number of carbonyl (C=O) groups excluding carboxylic acids is 1. The molecule has 0 saturated carbocycles. The lowest BCUT2D eigenvalue weighted by Gasteiger charge is -2.28. The van der Waals surface area contributed by atoms with E-state index >= 15 is 0 Å². The molecule has 1 aromatic heterocycles. The highest BCUT2D eigenvalue weighted by atomic mass is 32.2. The van der Waals surface area contributed by atoms with Crippen LogP contribution in [0.4, 0.5) is 5.69 Å². The standard InChI is InChI=1S/C20H23N5O4S/c1-23(2)30(27,28)25(17-12-8-5-9-13-17)15-19(26)24(3)14-18-21-20(22-29-18)16-10-6-4-7-11-16/h4-13H,14-15H2,1-3H3. The van der Waals surface area contributed by atoms with Gasteiger partial charge in [-0.3, -0.25) is 4.79 Å². The molecule has 3 rings (SSSR count). The molecule has 0 N–H and O–H groups in total. The van der Waals surface area contributed by atoms with E-state index in [-0.39, 0.29) is 19.0 Å². The summed E-state index contributed by atoms with van der Waals surface area (Å²) in [7, 11) is 0.537. The smallest absolute Gasteiger partial charge is 0.304 e. The molecule has 10 heteroatoms. The molecule has 0 spiro atoms. The molecule has 0 aliphatic rings. The number of hydrogen-bond acceptors (Lipinski definition) is 6. The van der Waals surface area contributed by atoms with Crippen molar-refractivity contribution in [1.82, 2.24) is 19.3 Å². The lowest BCUT2D eigenvalue weighted by molar-refractivity contribution is -0.129. The first-order valence-corrected chi connectivity index (χ1v) is 10.6. The third kappa shape index (κ3) is 4.84. The van der Waals surface area contributed by atoms with E-state index in [2.05, 4.69) is 10.1 Å². The number of anilines is 1. The molecule has 0 aliphatic carbocycles. The average Bonchev–Trinajstić information content (AvgIpc) is 3.21. The minimum atomic E-state index is -3.86. The maximum atomic E-state index is 12.8. The highest BCUT2D eigenvalue weighted by Crippen LogP contribution is 2.20. The van der Waals surface area contributed by atoms with Crippen LogP contribution in [-0.2, 0) is 21.5 Å². The normalized spacial score (nSPS) is 11.5. The summed E-state index contributed by atoms with van der Waals surface area (Å²) in [5, 5.41) is 3.93. The van der Waals surface area contributed by atoms with Crippen LogP contribution in [-0.4, -0.2) is 61.4 Å². The number of amides is 1. The molecular weight excluding hydrogens is 406 g/mol. The predicted octanol–water partition coefficient (Wildman–Crippen LogP) is 2.01. The molecule has 0 atom stereocenters. The fourth-order valence-corrected chi connectivity index (χ4v) is 3.71. The lowest BCUT2D eigenvalue weighted by Crippen LogP contribution is -2.46. The SMILES string of the molecule is CN(Cc1nc(-c2ccccc2)no1)C(=O)CN(c1ccccc1)S(=O)(=O)N(C)C. The number of para-hydroxylation sites is 1. The van der Waals surface area contributed by atoms with E-state index < -0.39 is 16.1 Å². The van der Waals surface area contributed by atoms with Crippen molar-refractivity contribution in [2.75, 3.05) is 32.0 Å². The summed E-state index contributed by atoms with van der Waals surface area (Å²) in [6.07, 6.45) is 0. The minimum Gasteiger partial charge on any atom is -0.337 e. The highest BCUT2D eigenvalue weighted by molar-refractivity contribution is 7.90. The van der Waals surface area contributed by atoms with Crippen molar-refractivity contribution in [3.63, 3.8) is 0 Å².